The van der Waals surface area contributed by atoms with Gasteiger partial charge in [-0.2, -0.15) is 0 Å². The van der Waals surface area contributed by atoms with E-state index in [1.165, 1.54) is 25.8 Å². The molecule has 3 saturated heterocycles. The molecule has 5 aliphatic heterocycles. The van der Waals surface area contributed by atoms with Crippen LogP contribution in [0, 0.1) is 5.92 Å². The fourth-order valence-corrected chi connectivity index (χ4v) is 8.87. The van der Waals surface area contributed by atoms with Crippen molar-refractivity contribution in [2.24, 2.45) is 11.7 Å². The van der Waals surface area contributed by atoms with Crippen molar-refractivity contribution in [1.29, 1.82) is 0 Å². The van der Waals surface area contributed by atoms with E-state index in [0.29, 0.717) is 12.1 Å². The number of aliphatic carboxylic acids is 1. The fourth-order valence-electron chi connectivity index (χ4n) is 7.52. The van der Waals surface area contributed by atoms with Gasteiger partial charge < -0.3 is 41.2 Å². The van der Waals surface area contributed by atoms with Crippen LogP contribution in [0.1, 0.15) is 12.5 Å². The number of primary amides is 1. The van der Waals surface area contributed by atoms with Gasteiger partial charge in [0.25, 0.3) is 5.91 Å². The number of benzene rings is 1. The van der Waals surface area contributed by atoms with Crippen LogP contribution in [0.2, 0.25) is 0 Å². The molecule has 0 bridgehead atoms. The van der Waals surface area contributed by atoms with Crippen molar-refractivity contribution in [3.63, 3.8) is 0 Å². The van der Waals surface area contributed by atoms with Crippen LogP contribution in [0.3, 0.4) is 0 Å². The highest BCUT2D eigenvalue weighted by atomic mass is 32.2. The number of ketones is 2. The summed E-state index contributed by atoms with van der Waals surface area (Å²) in [5.74, 6) is -3.76. The molecule has 7 rings (SSSR count). The Morgan fingerprint density at radius 2 is 1.91 bits per heavy atom. The van der Waals surface area contributed by atoms with Crippen LogP contribution >= 0.6 is 11.8 Å². The zero-order valence-corrected chi connectivity index (χ0v) is 26.2. The molecular formula is C31H32N6O9S. The molecule has 0 radical (unpaired) electrons. The first-order valence-electron chi connectivity index (χ1n) is 15.0. The number of amides is 3. The largest absolute Gasteiger partial charge is 0.477 e. The van der Waals surface area contributed by atoms with Gasteiger partial charge in [0.2, 0.25) is 17.5 Å². The first kappa shape index (κ1) is 31.0. The van der Waals surface area contributed by atoms with Crippen molar-refractivity contribution in [1.82, 2.24) is 25.8 Å². The fraction of sp³-hybridized carbons (Fsp3) is 0.419. The number of piperazine rings is 1. The van der Waals surface area contributed by atoms with Gasteiger partial charge in [0, 0.05) is 43.1 Å². The van der Waals surface area contributed by atoms with Gasteiger partial charge in [-0.1, -0.05) is 30.3 Å². The number of carbonyl (C=O) groups excluding carboxylic acids is 5. The Balaban J connectivity index is 1.10. The zero-order valence-electron chi connectivity index (χ0n) is 25.4. The van der Waals surface area contributed by atoms with E-state index in [1.54, 1.807) is 17.0 Å². The number of Topliss-reactive ketones (excluding diaryl/α,β-unsaturated/α-hetero) is 2. The number of fused-ring (bicyclic) bond motifs is 5. The highest BCUT2D eigenvalue weighted by Crippen LogP contribution is 2.55. The molecule has 246 valence electrons. The van der Waals surface area contributed by atoms with Gasteiger partial charge in [-0.3, -0.25) is 24.1 Å². The monoisotopic (exact) mass is 664 g/mol. The molecule has 0 spiro atoms. The number of ether oxygens (including phenoxy) is 2. The number of nitrogens with two attached hydrogens (primary N) is 1. The minimum absolute atomic E-state index is 0.0177. The second-order valence-corrected chi connectivity index (χ2v) is 13.3. The van der Waals surface area contributed by atoms with Crippen molar-refractivity contribution >= 4 is 47.2 Å². The first-order chi connectivity index (χ1) is 22.5. The summed E-state index contributed by atoms with van der Waals surface area (Å²) in [5, 5.41) is 18.6. The Labute approximate surface area is 272 Å². The van der Waals surface area contributed by atoms with Crippen LogP contribution in [0.15, 0.2) is 64.1 Å². The lowest BCUT2D eigenvalue weighted by Gasteiger charge is -2.49. The van der Waals surface area contributed by atoms with Crippen LogP contribution in [0.25, 0.3) is 0 Å². The maximum Gasteiger partial charge on any atom is 0.404 e. The van der Waals surface area contributed by atoms with Gasteiger partial charge in [0.1, 0.15) is 23.7 Å². The average Bonchev–Trinajstić information content (AvgIpc) is 3.66. The Hall–Kier alpha value is -4.67. The molecule has 0 aromatic heterocycles. The number of carbonyl (C=O) groups is 6. The minimum atomic E-state index is -1.33. The van der Waals surface area contributed by atoms with Crippen molar-refractivity contribution in [3.05, 3.63) is 69.7 Å². The number of allylic oxidation sites excluding steroid dienone is 2. The first-order valence-corrected chi connectivity index (χ1v) is 16.1. The van der Waals surface area contributed by atoms with Crippen LogP contribution in [0.5, 0.6) is 0 Å². The molecule has 1 aromatic carbocycles. The van der Waals surface area contributed by atoms with E-state index in [-0.39, 0.29) is 71.6 Å². The second kappa shape index (κ2) is 11.2. The Bertz CT molecular complexity index is 1740. The van der Waals surface area contributed by atoms with E-state index in [0.717, 1.165) is 10.5 Å². The van der Waals surface area contributed by atoms with Crippen LogP contribution in [-0.2, 0) is 39.9 Å². The molecule has 2 unspecified atom stereocenters. The Morgan fingerprint density at radius 1 is 1.17 bits per heavy atom. The molecule has 5 heterocycles. The molecule has 6 N–H and O–H groups in total. The molecule has 1 aliphatic carbocycles. The quantitative estimate of drug-likeness (QED) is 0.115. The Morgan fingerprint density at radius 3 is 2.60 bits per heavy atom. The maximum absolute atomic E-state index is 14.1. The third kappa shape index (κ3) is 4.64. The molecule has 6 aliphatic rings. The van der Waals surface area contributed by atoms with E-state index < -0.39 is 52.6 Å². The average molecular weight is 665 g/mol. The number of nitrogens with zero attached hydrogens (tertiary/aromatic N) is 2. The number of carboxylic acid groups (broad SMARTS) is 1. The van der Waals surface area contributed by atoms with E-state index in [2.05, 4.69) is 16.0 Å². The van der Waals surface area contributed by atoms with E-state index in [9.17, 15) is 33.9 Å². The lowest BCUT2D eigenvalue weighted by Crippen LogP contribution is -2.70. The van der Waals surface area contributed by atoms with Crippen LogP contribution < -0.4 is 21.7 Å². The number of thioether (sulfide) groups is 1. The van der Waals surface area contributed by atoms with Gasteiger partial charge in [-0.15, -0.1) is 11.8 Å². The number of hydrogen-bond acceptors (Lipinski definition) is 12. The third-order valence-corrected chi connectivity index (χ3v) is 11.0. The predicted molar refractivity (Wildman–Crippen MR) is 164 cm³/mol. The van der Waals surface area contributed by atoms with Gasteiger partial charge in [-0.05, 0) is 18.1 Å². The summed E-state index contributed by atoms with van der Waals surface area (Å²) in [6.45, 7) is 1.51. The molecule has 0 saturated carbocycles. The summed E-state index contributed by atoms with van der Waals surface area (Å²) in [6.07, 6.45) is -0.955. The van der Waals surface area contributed by atoms with E-state index in [1.807, 2.05) is 18.2 Å². The van der Waals surface area contributed by atoms with Crippen LogP contribution in [-0.4, -0.2) is 112 Å². The highest BCUT2D eigenvalue weighted by molar-refractivity contribution is 8.00. The maximum atomic E-state index is 14.1. The van der Waals surface area contributed by atoms with Crippen molar-refractivity contribution in [2.45, 2.75) is 42.6 Å². The van der Waals surface area contributed by atoms with Crippen LogP contribution in [0.4, 0.5) is 4.79 Å². The molecule has 16 heteroatoms. The second-order valence-electron chi connectivity index (χ2n) is 12.1. The normalized spacial score (nSPS) is 30.4. The molecule has 3 fully saturated rings. The van der Waals surface area contributed by atoms with Crippen molar-refractivity contribution in [3.8, 4) is 0 Å². The van der Waals surface area contributed by atoms with Gasteiger partial charge in [-0.25, -0.2) is 9.59 Å². The summed E-state index contributed by atoms with van der Waals surface area (Å²) in [7, 11) is 1.48. The summed E-state index contributed by atoms with van der Waals surface area (Å²) in [5.41, 5.74) is 5.46. The standard InChI is InChI=1S/C31H32N6O9S/c1-13-20(25(40)19-16(11-46-30(32)44)31(45-2)26-17(34-26)10-36(31)23(19)24(13)39)33-9-15-12-47-28-21(27(41)37(28)22(15)29(42)43)35-18(38)8-14-6-4-3-5-7-14/h3-7,16-17,21,26,28,33-34H,8-12H2,1-2H3,(H2,32,44)(H,35,38)(H,42,43)/t16-,17+,21?,26+,28?,31-/m1/s1. The lowest BCUT2D eigenvalue weighted by molar-refractivity contribution is -0.150. The molecular weight excluding hydrogens is 632 g/mol. The van der Waals surface area contributed by atoms with Crippen molar-refractivity contribution < 1.29 is 43.3 Å². The topological polar surface area (TPSA) is 220 Å². The number of nitrogens with one attached hydrogen (secondary N) is 3. The third-order valence-electron chi connectivity index (χ3n) is 9.68. The highest BCUT2D eigenvalue weighted by Gasteiger charge is 2.72. The van der Waals surface area contributed by atoms with Gasteiger partial charge in [0.05, 0.1) is 29.8 Å². The Kier molecular flexibility index (Phi) is 7.40. The number of β-lactam (4-membered cyclic amide) rings is 1. The number of hydrogen-bond donors (Lipinski definition) is 5. The number of rotatable bonds is 10. The summed E-state index contributed by atoms with van der Waals surface area (Å²) in [4.78, 5) is 80.7. The SMILES string of the molecule is CO[C@@]12[C@H](COC(N)=O)C3=C(C(=O)C(C)=C(NCC4=C(C(=O)O)N5C(=O)C(NC(=O)Cc6ccccc6)C5SC4)C3=O)N1C[C@@H]1N[C@@H]12. The molecule has 15 nitrogen and oxygen atoms in total. The molecule has 47 heavy (non-hydrogen) atoms. The number of methoxy groups -OCH3 is 1. The molecule has 1 aromatic rings. The summed E-state index contributed by atoms with van der Waals surface area (Å²) in [6, 6.07) is 8.01. The minimum Gasteiger partial charge on any atom is -0.477 e. The summed E-state index contributed by atoms with van der Waals surface area (Å²) < 4.78 is 11.1. The molecule has 6 atom stereocenters. The zero-order chi connectivity index (χ0) is 33.4. The van der Waals surface area contributed by atoms with E-state index in [4.69, 9.17) is 15.2 Å². The van der Waals surface area contributed by atoms with Crippen molar-refractivity contribution in [2.75, 3.05) is 32.6 Å². The summed E-state index contributed by atoms with van der Waals surface area (Å²) >= 11 is 1.30. The van der Waals surface area contributed by atoms with E-state index >= 15 is 0 Å². The lowest BCUT2D eigenvalue weighted by atomic mass is 9.82. The van der Waals surface area contributed by atoms with Gasteiger partial charge >= 0.3 is 12.1 Å². The smallest absolute Gasteiger partial charge is 0.404 e. The van der Waals surface area contributed by atoms with Gasteiger partial charge in [0.15, 0.2) is 5.72 Å². The number of carboxylic acids is 1. The predicted octanol–water partition coefficient (Wildman–Crippen LogP) is -1.04. The molecule has 3 amide bonds.